The molecule has 3 aromatic rings. The summed E-state index contributed by atoms with van der Waals surface area (Å²) < 4.78 is 5.24. The third-order valence-electron chi connectivity index (χ3n) is 4.84. The highest BCUT2D eigenvalue weighted by Gasteiger charge is 2.45. The van der Waals surface area contributed by atoms with E-state index >= 15 is 0 Å². The van der Waals surface area contributed by atoms with Gasteiger partial charge in [0.2, 0.25) is 11.8 Å². The number of anilines is 2. The van der Waals surface area contributed by atoms with Crippen LogP contribution in [0.4, 0.5) is 11.4 Å². The van der Waals surface area contributed by atoms with Crippen LogP contribution in [-0.4, -0.2) is 34.6 Å². The molecule has 1 fully saturated rings. The number of furan rings is 1. The molecule has 158 valence electrons. The molecule has 31 heavy (non-hydrogen) atoms. The third-order valence-corrected chi connectivity index (χ3v) is 5.71. The maximum atomic E-state index is 13.2. The van der Waals surface area contributed by atoms with Crippen LogP contribution in [0.15, 0.2) is 64.6 Å². The van der Waals surface area contributed by atoms with Gasteiger partial charge in [-0.2, -0.15) is 0 Å². The van der Waals surface area contributed by atoms with Crippen molar-refractivity contribution in [2.45, 2.75) is 25.9 Å². The fourth-order valence-corrected chi connectivity index (χ4v) is 4.17. The van der Waals surface area contributed by atoms with E-state index in [1.165, 1.54) is 35.5 Å². The van der Waals surface area contributed by atoms with E-state index in [9.17, 15) is 19.2 Å². The largest absolute Gasteiger partial charge is 0.459 e. The Bertz CT molecular complexity index is 1110. The van der Waals surface area contributed by atoms with Gasteiger partial charge in [0.1, 0.15) is 6.04 Å². The molecule has 0 bridgehead atoms. The highest BCUT2D eigenvalue weighted by Crippen LogP contribution is 2.29. The second-order valence-corrected chi connectivity index (χ2v) is 8.04. The second-order valence-electron chi connectivity index (χ2n) is 7.01. The fraction of sp³-hybridized carbons (Fsp3) is 0.182. The summed E-state index contributed by atoms with van der Waals surface area (Å²) in [5.41, 5.74) is 0.937. The molecular formula is C22H19N3O5S. The summed E-state index contributed by atoms with van der Waals surface area (Å²) in [6.07, 6.45) is 1.27. The molecule has 3 heterocycles. The van der Waals surface area contributed by atoms with Gasteiger partial charge in [-0.05, 0) is 47.8 Å². The molecule has 1 saturated heterocycles. The lowest BCUT2D eigenvalue weighted by molar-refractivity contribution is -0.122. The molecule has 0 radical (unpaired) electrons. The molecule has 4 amide bonds. The van der Waals surface area contributed by atoms with Crippen LogP contribution in [-0.2, 0) is 20.9 Å². The van der Waals surface area contributed by atoms with E-state index in [-0.39, 0.29) is 24.6 Å². The van der Waals surface area contributed by atoms with Crippen molar-refractivity contribution < 1.29 is 23.6 Å². The Labute approximate surface area is 182 Å². The summed E-state index contributed by atoms with van der Waals surface area (Å²) in [5.74, 6) is -1.44. The lowest BCUT2D eigenvalue weighted by Crippen LogP contribution is -2.44. The first-order valence-corrected chi connectivity index (χ1v) is 10.4. The summed E-state index contributed by atoms with van der Waals surface area (Å²) in [6.45, 7) is 1.58. The Morgan fingerprint density at radius 1 is 1.16 bits per heavy atom. The number of rotatable bonds is 6. The van der Waals surface area contributed by atoms with Gasteiger partial charge in [-0.25, -0.2) is 4.90 Å². The van der Waals surface area contributed by atoms with Crippen LogP contribution in [0.1, 0.15) is 28.8 Å². The summed E-state index contributed by atoms with van der Waals surface area (Å²) in [4.78, 5) is 53.6. The minimum Gasteiger partial charge on any atom is -0.459 e. The summed E-state index contributed by atoms with van der Waals surface area (Å²) in [5, 5.41) is 4.52. The Morgan fingerprint density at radius 3 is 2.55 bits per heavy atom. The van der Waals surface area contributed by atoms with Gasteiger partial charge in [-0.3, -0.25) is 19.2 Å². The van der Waals surface area contributed by atoms with Crippen LogP contribution in [0.5, 0.6) is 0 Å². The number of hydrogen-bond acceptors (Lipinski definition) is 6. The van der Waals surface area contributed by atoms with Crippen LogP contribution < -0.4 is 10.2 Å². The Hall–Kier alpha value is -3.72. The first-order chi connectivity index (χ1) is 14.9. The Balaban J connectivity index is 1.61. The molecule has 1 aromatic carbocycles. The Morgan fingerprint density at radius 2 is 1.94 bits per heavy atom. The maximum Gasteiger partial charge on any atom is 0.290 e. The molecule has 2 aromatic heterocycles. The molecule has 4 rings (SSSR count). The van der Waals surface area contributed by atoms with Gasteiger partial charge in [0.15, 0.2) is 5.76 Å². The van der Waals surface area contributed by atoms with Crippen LogP contribution in [0.25, 0.3) is 0 Å². The number of benzene rings is 1. The SMILES string of the molecule is CC(=O)Nc1ccc(N2C(=O)CC(N(Cc3cccs3)C(=O)c3ccco3)C2=O)cc1. The van der Waals surface area contributed by atoms with Gasteiger partial charge in [0.05, 0.1) is 24.9 Å². The number of nitrogens with one attached hydrogen (secondary N) is 1. The summed E-state index contributed by atoms with van der Waals surface area (Å²) >= 11 is 1.46. The van der Waals surface area contributed by atoms with Crippen molar-refractivity contribution in [2.75, 3.05) is 10.2 Å². The second kappa shape index (κ2) is 8.57. The van der Waals surface area contributed by atoms with Crippen LogP contribution in [0.3, 0.4) is 0 Å². The number of thiophene rings is 1. The molecule has 1 aliphatic heterocycles. The minimum atomic E-state index is -0.942. The van der Waals surface area contributed by atoms with E-state index < -0.39 is 23.8 Å². The smallest absolute Gasteiger partial charge is 0.290 e. The zero-order valence-electron chi connectivity index (χ0n) is 16.6. The number of hydrogen-bond donors (Lipinski definition) is 1. The molecule has 1 aliphatic rings. The normalized spacial score (nSPS) is 15.9. The average molecular weight is 437 g/mol. The van der Waals surface area contributed by atoms with Gasteiger partial charge >= 0.3 is 0 Å². The molecule has 0 aliphatic carbocycles. The lowest BCUT2D eigenvalue weighted by Gasteiger charge is -2.26. The highest BCUT2D eigenvalue weighted by atomic mass is 32.1. The van der Waals surface area contributed by atoms with Crippen molar-refractivity contribution in [3.63, 3.8) is 0 Å². The molecular weight excluding hydrogens is 418 g/mol. The minimum absolute atomic E-state index is 0.106. The first-order valence-electron chi connectivity index (χ1n) is 9.55. The van der Waals surface area contributed by atoms with Gasteiger partial charge in [0, 0.05) is 17.5 Å². The molecule has 0 spiro atoms. The summed E-state index contributed by atoms with van der Waals surface area (Å²) in [7, 11) is 0. The first kappa shape index (κ1) is 20.5. The Kier molecular flexibility index (Phi) is 5.68. The van der Waals surface area contributed by atoms with E-state index in [0.717, 1.165) is 9.78 Å². The molecule has 1 N–H and O–H groups in total. The van der Waals surface area contributed by atoms with Crippen molar-refractivity contribution in [3.8, 4) is 0 Å². The van der Waals surface area contributed by atoms with Gasteiger partial charge in [0.25, 0.3) is 11.8 Å². The van der Waals surface area contributed by atoms with E-state index in [0.29, 0.717) is 11.4 Å². The van der Waals surface area contributed by atoms with E-state index in [1.54, 1.807) is 30.3 Å². The molecule has 9 heteroatoms. The third kappa shape index (κ3) is 4.26. The molecule has 1 atom stereocenters. The number of carbonyl (C=O) groups is 4. The van der Waals surface area contributed by atoms with Crippen LogP contribution in [0, 0.1) is 0 Å². The highest BCUT2D eigenvalue weighted by molar-refractivity contribution is 7.09. The zero-order valence-corrected chi connectivity index (χ0v) is 17.4. The van der Waals surface area contributed by atoms with Crippen molar-refractivity contribution in [1.29, 1.82) is 0 Å². The van der Waals surface area contributed by atoms with Gasteiger partial charge in [-0.1, -0.05) is 6.07 Å². The molecule has 1 unspecified atom stereocenters. The van der Waals surface area contributed by atoms with Crippen molar-refractivity contribution >= 4 is 46.3 Å². The quantitative estimate of drug-likeness (QED) is 0.597. The molecule has 8 nitrogen and oxygen atoms in total. The predicted octanol–water partition coefficient (Wildman–Crippen LogP) is 3.27. The van der Waals surface area contributed by atoms with Gasteiger partial charge in [-0.15, -0.1) is 11.3 Å². The summed E-state index contributed by atoms with van der Waals surface area (Å²) in [6, 6.07) is 12.3. The predicted molar refractivity (Wildman–Crippen MR) is 115 cm³/mol. The monoisotopic (exact) mass is 437 g/mol. The zero-order chi connectivity index (χ0) is 22.0. The van der Waals surface area contributed by atoms with Crippen LogP contribution in [0.2, 0.25) is 0 Å². The number of nitrogens with zero attached hydrogens (tertiary/aromatic N) is 2. The fourth-order valence-electron chi connectivity index (χ4n) is 3.46. The van der Waals surface area contributed by atoms with Crippen molar-refractivity contribution in [2.24, 2.45) is 0 Å². The number of amides is 4. The van der Waals surface area contributed by atoms with E-state index in [4.69, 9.17) is 4.42 Å². The van der Waals surface area contributed by atoms with E-state index in [1.807, 2.05) is 17.5 Å². The average Bonchev–Trinajstić information content (AvgIpc) is 3.49. The van der Waals surface area contributed by atoms with Crippen LogP contribution >= 0.6 is 11.3 Å². The lowest BCUT2D eigenvalue weighted by atomic mass is 10.2. The standard InChI is InChI=1S/C22H19N3O5S/c1-14(26)23-15-6-8-16(9-7-15)25-20(27)12-18(21(25)28)24(13-17-4-3-11-31-17)22(29)19-5-2-10-30-19/h2-11,18H,12-13H2,1H3,(H,23,26). The van der Waals surface area contributed by atoms with Crippen molar-refractivity contribution in [1.82, 2.24) is 4.90 Å². The molecule has 0 saturated carbocycles. The topological polar surface area (TPSA) is 99.9 Å². The van der Waals surface area contributed by atoms with E-state index in [2.05, 4.69) is 5.32 Å². The number of imide groups is 1. The number of carbonyl (C=O) groups excluding carboxylic acids is 4. The van der Waals surface area contributed by atoms with Gasteiger partial charge < -0.3 is 14.6 Å². The maximum absolute atomic E-state index is 13.2. The van der Waals surface area contributed by atoms with Crippen molar-refractivity contribution in [3.05, 3.63) is 70.8 Å².